The number of hydrogen-bond donors (Lipinski definition) is 1. The Hall–Kier alpha value is -1.52. The maximum absolute atomic E-state index is 12.5. The molecule has 106 valence electrons. The van der Waals surface area contributed by atoms with Crippen molar-refractivity contribution in [3.8, 4) is 0 Å². The number of nitrogens with one attached hydrogen (secondary N) is 1. The summed E-state index contributed by atoms with van der Waals surface area (Å²) in [5.41, 5.74) is -0.242. The maximum atomic E-state index is 12.5. The second kappa shape index (κ2) is 6.59. The summed E-state index contributed by atoms with van der Waals surface area (Å²) in [6.07, 6.45) is -3.18. The first kappa shape index (κ1) is 15.5. The van der Waals surface area contributed by atoms with Gasteiger partial charge in [0, 0.05) is 13.0 Å². The molecule has 0 saturated heterocycles. The van der Waals surface area contributed by atoms with Crippen molar-refractivity contribution in [3.05, 3.63) is 35.4 Å². The summed E-state index contributed by atoms with van der Waals surface area (Å²) in [5.74, 6) is 0.297. The third-order valence-corrected chi connectivity index (χ3v) is 2.69. The van der Waals surface area contributed by atoms with E-state index in [1.807, 2.05) is 13.8 Å². The summed E-state index contributed by atoms with van der Waals surface area (Å²) in [5, 5.41) is 2.63. The highest BCUT2D eigenvalue weighted by Gasteiger charge is 2.30. The molecular weight excluding hydrogens is 255 g/mol. The molecule has 0 atom stereocenters. The van der Waals surface area contributed by atoms with Crippen LogP contribution in [-0.2, 0) is 17.5 Å². The Morgan fingerprint density at radius 2 is 2.00 bits per heavy atom. The van der Waals surface area contributed by atoms with Gasteiger partial charge in [0.25, 0.3) is 0 Å². The number of benzene rings is 1. The normalized spacial score (nSPS) is 11.7. The molecule has 0 heterocycles. The fourth-order valence-electron chi connectivity index (χ4n) is 1.57. The molecule has 0 saturated carbocycles. The van der Waals surface area contributed by atoms with Crippen molar-refractivity contribution in [3.63, 3.8) is 0 Å². The first-order valence-electron chi connectivity index (χ1n) is 6.22. The van der Waals surface area contributed by atoms with Gasteiger partial charge in [0.05, 0.1) is 5.56 Å². The van der Waals surface area contributed by atoms with Crippen LogP contribution in [0.3, 0.4) is 0 Å². The van der Waals surface area contributed by atoms with Gasteiger partial charge in [-0.05, 0) is 30.0 Å². The van der Waals surface area contributed by atoms with Crippen molar-refractivity contribution in [2.24, 2.45) is 5.92 Å². The van der Waals surface area contributed by atoms with E-state index in [2.05, 4.69) is 5.32 Å². The number of rotatable bonds is 5. The van der Waals surface area contributed by atoms with Crippen LogP contribution in [-0.4, -0.2) is 5.91 Å². The molecule has 1 rings (SSSR count). The molecule has 19 heavy (non-hydrogen) atoms. The monoisotopic (exact) mass is 273 g/mol. The molecule has 0 aliphatic carbocycles. The first-order chi connectivity index (χ1) is 8.79. The van der Waals surface area contributed by atoms with Crippen LogP contribution in [0.2, 0.25) is 0 Å². The molecule has 0 aliphatic heterocycles. The lowest BCUT2D eigenvalue weighted by molar-refractivity contribution is -0.137. The fraction of sp³-hybridized carbons (Fsp3) is 0.500. The highest BCUT2D eigenvalue weighted by Crippen LogP contribution is 2.29. The van der Waals surface area contributed by atoms with Crippen LogP contribution >= 0.6 is 0 Å². The molecule has 2 nitrogen and oxygen atoms in total. The predicted octanol–water partition coefficient (Wildman–Crippen LogP) is 3.76. The number of halogens is 3. The number of carbonyl (C=O) groups is 1. The first-order valence-corrected chi connectivity index (χ1v) is 6.22. The van der Waals surface area contributed by atoms with Gasteiger partial charge >= 0.3 is 6.18 Å². The summed E-state index contributed by atoms with van der Waals surface area (Å²) in [4.78, 5) is 11.5. The van der Waals surface area contributed by atoms with E-state index in [9.17, 15) is 18.0 Å². The minimum Gasteiger partial charge on any atom is -0.352 e. The van der Waals surface area contributed by atoms with Crippen LogP contribution < -0.4 is 5.32 Å². The van der Waals surface area contributed by atoms with Crippen molar-refractivity contribution < 1.29 is 18.0 Å². The lowest BCUT2D eigenvalue weighted by atomic mass is 10.1. The Labute approximate surface area is 111 Å². The summed E-state index contributed by atoms with van der Waals surface area (Å²) >= 11 is 0. The Morgan fingerprint density at radius 3 is 2.58 bits per heavy atom. The standard InChI is InChI=1S/C14H18F3NO/c1-10(2)6-7-13(19)18-9-11-4-3-5-12(8-11)14(15,16)17/h3-5,8,10H,6-7,9H2,1-2H3,(H,18,19). The van der Waals surface area contributed by atoms with Gasteiger partial charge in [0.15, 0.2) is 0 Å². The zero-order valence-corrected chi connectivity index (χ0v) is 11.1. The van der Waals surface area contributed by atoms with E-state index in [-0.39, 0.29) is 12.5 Å². The van der Waals surface area contributed by atoms with Crippen LogP contribution in [0, 0.1) is 5.92 Å². The molecule has 1 amide bonds. The minimum absolute atomic E-state index is 0.126. The van der Waals surface area contributed by atoms with Crippen molar-refractivity contribution in [1.82, 2.24) is 5.32 Å². The summed E-state index contributed by atoms with van der Waals surface area (Å²) < 4.78 is 37.5. The lowest BCUT2D eigenvalue weighted by Crippen LogP contribution is -2.23. The van der Waals surface area contributed by atoms with Crippen LogP contribution in [0.5, 0.6) is 0 Å². The van der Waals surface area contributed by atoms with E-state index in [4.69, 9.17) is 0 Å². The van der Waals surface area contributed by atoms with E-state index < -0.39 is 11.7 Å². The van der Waals surface area contributed by atoms with Gasteiger partial charge < -0.3 is 5.32 Å². The zero-order valence-electron chi connectivity index (χ0n) is 11.1. The van der Waals surface area contributed by atoms with E-state index in [0.29, 0.717) is 17.9 Å². The average molecular weight is 273 g/mol. The largest absolute Gasteiger partial charge is 0.416 e. The van der Waals surface area contributed by atoms with Crippen molar-refractivity contribution in [1.29, 1.82) is 0 Å². The van der Waals surface area contributed by atoms with Crippen molar-refractivity contribution >= 4 is 5.91 Å². The lowest BCUT2D eigenvalue weighted by Gasteiger charge is -2.10. The molecule has 1 N–H and O–H groups in total. The third kappa shape index (κ3) is 5.77. The quantitative estimate of drug-likeness (QED) is 0.869. The molecule has 0 aliphatic rings. The maximum Gasteiger partial charge on any atom is 0.416 e. The topological polar surface area (TPSA) is 29.1 Å². The van der Waals surface area contributed by atoms with E-state index in [1.165, 1.54) is 6.07 Å². The minimum atomic E-state index is -4.35. The molecule has 0 spiro atoms. The smallest absolute Gasteiger partial charge is 0.352 e. The third-order valence-electron chi connectivity index (χ3n) is 2.69. The average Bonchev–Trinajstić information content (AvgIpc) is 2.33. The number of alkyl halides is 3. The van der Waals surface area contributed by atoms with Gasteiger partial charge in [-0.15, -0.1) is 0 Å². The van der Waals surface area contributed by atoms with Gasteiger partial charge in [-0.3, -0.25) is 4.79 Å². The molecular formula is C14H18F3NO. The summed E-state index contributed by atoms with van der Waals surface area (Å²) in [7, 11) is 0. The van der Waals surface area contributed by atoms with Gasteiger partial charge in [-0.25, -0.2) is 0 Å². The Kier molecular flexibility index (Phi) is 5.39. The number of amides is 1. The zero-order chi connectivity index (χ0) is 14.5. The second-order valence-electron chi connectivity index (χ2n) is 4.91. The van der Waals surface area contributed by atoms with E-state index in [1.54, 1.807) is 6.07 Å². The second-order valence-corrected chi connectivity index (χ2v) is 4.91. The summed E-state index contributed by atoms with van der Waals surface area (Å²) in [6, 6.07) is 4.99. The summed E-state index contributed by atoms with van der Waals surface area (Å²) in [6.45, 7) is 4.15. The molecule has 1 aromatic rings. The van der Waals surface area contributed by atoms with Crippen LogP contribution in [0.4, 0.5) is 13.2 Å². The number of hydrogen-bond acceptors (Lipinski definition) is 1. The fourth-order valence-corrected chi connectivity index (χ4v) is 1.57. The number of carbonyl (C=O) groups excluding carboxylic acids is 1. The van der Waals surface area contributed by atoms with Gasteiger partial charge in [-0.1, -0.05) is 26.0 Å². The Balaban J connectivity index is 2.52. The molecule has 0 radical (unpaired) electrons. The molecule has 0 fully saturated rings. The van der Waals surface area contributed by atoms with Crippen molar-refractivity contribution in [2.45, 2.75) is 39.4 Å². The molecule has 0 bridgehead atoms. The SMILES string of the molecule is CC(C)CCC(=O)NCc1cccc(C(F)(F)F)c1. The van der Waals surface area contributed by atoms with Crippen LogP contribution in [0.25, 0.3) is 0 Å². The molecule has 5 heteroatoms. The Morgan fingerprint density at radius 1 is 1.32 bits per heavy atom. The molecule has 0 aromatic heterocycles. The van der Waals surface area contributed by atoms with Gasteiger partial charge in [0.2, 0.25) is 5.91 Å². The van der Waals surface area contributed by atoms with Gasteiger partial charge in [0.1, 0.15) is 0 Å². The van der Waals surface area contributed by atoms with Crippen LogP contribution in [0.1, 0.15) is 37.8 Å². The molecule has 0 unspecified atom stereocenters. The van der Waals surface area contributed by atoms with Gasteiger partial charge in [-0.2, -0.15) is 13.2 Å². The van der Waals surface area contributed by atoms with Crippen molar-refractivity contribution in [2.75, 3.05) is 0 Å². The highest BCUT2D eigenvalue weighted by molar-refractivity contribution is 5.75. The predicted molar refractivity (Wildman–Crippen MR) is 67.4 cm³/mol. The van der Waals surface area contributed by atoms with E-state index >= 15 is 0 Å². The molecule has 1 aromatic carbocycles. The Bertz CT molecular complexity index is 427. The highest BCUT2D eigenvalue weighted by atomic mass is 19.4. The van der Waals surface area contributed by atoms with Crippen LogP contribution in [0.15, 0.2) is 24.3 Å². The van der Waals surface area contributed by atoms with E-state index in [0.717, 1.165) is 18.6 Å².